The van der Waals surface area contributed by atoms with Gasteiger partial charge in [0.1, 0.15) is 11.5 Å². The van der Waals surface area contributed by atoms with E-state index in [0.717, 1.165) is 16.9 Å². The molecule has 0 aromatic heterocycles. The topological polar surface area (TPSA) is 147 Å². The van der Waals surface area contributed by atoms with Gasteiger partial charge in [-0.1, -0.05) is 12.1 Å². The average molecular weight is 694 g/mol. The van der Waals surface area contributed by atoms with E-state index in [0.29, 0.717) is 96.9 Å². The van der Waals surface area contributed by atoms with Gasteiger partial charge < -0.3 is 44.0 Å². The van der Waals surface area contributed by atoms with Crippen molar-refractivity contribution in [2.45, 2.75) is 31.3 Å². The highest BCUT2D eigenvalue weighted by atomic mass is 16.5. The number of amides is 2. The van der Waals surface area contributed by atoms with Gasteiger partial charge in [0, 0.05) is 62.8 Å². The van der Waals surface area contributed by atoms with Crippen molar-refractivity contribution >= 4 is 41.2 Å². The molecule has 2 N–H and O–H groups in total. The first kappa shape index (κ1) is 33.7. The number of benzene rings is 3. The molecule has 0 fully saturated rings. The van der Waals surface area contributed by atoms with Crippen molar-refractivity contribution in [2.24, 2.45) is 15.7 Å². The molecule has 2 unspecified atom stereocenters. The summed E-state index contributed by atoms with van der Waals surface area (Å²) >= 11 is 0. The summed E-state index contributed by atoms with van der Waals surface area (Å²) in [7, 11) is 4.70. The summed E-state index contributed by atoms with van der Waals surface area (Å²) in [4.78, 5) is 39.8. The van der Waals surface area contributed by atoms with Crippen molar-refractivity contribution in [3.8, 4) is 28.7 Å². The van der Waals surface area contributed by atoms with E-state index in [2.05, 4.69) is 9.98 Å². The van der Waals surface area contributed by atoms with Crippen LogP contribution in [-0.4, -0.2) is 93.8 Å². The Morgan fingerprint density at radius 3 is 1.80 bits per heavy atom. The number of methoxy groups -OCH3 is 3. The predicted molar refractivity (Wildman–Crippen MR) is 191 cm³/mol. The Bertz CT molecular complexity index is 1950. The number of aliphatic imine (C=N–C) groups is 2. The van der Waals surface area contributed by atoms with E-state index in [1.165, 1.54) is 14.2 Å². The Morgan fingerprint density at radius 1 is 0.686 bits per heavy atom. The highest BCUT2D eigenvalue weighted by Crippen LogP contribution is 2.41. The molecule has 7 rings (SSSR count). The van der Waals surface area contributed by atoms with Crippen LogP contribution in [-0.2, 0) is 4.74 Å². The molecule has 0 radical (unpaired) electrons. The largest absolute Gasteiger partial charge is 0.497 e. The number of carbonyl (C=O) groups is 2. The maximum atomic E-state index is 13.7. The van der Waals surface area contributed by atoms with Crippen molar-refractivity contribution in [1.29, 1.82) is 0 Å². The Balaban J connectivity index is 0.986. The summed E-state index contributed by atoms with van der Waals surface area (Å²) in [6.45, 7) is 1.38. The number of carbonyl (C=O) groups excluding carboxylic acids is 2. The van der Waals surface area contributed by atoms with E-state index in [4.69, 9.17) is 34.2 Å². The van der Waals surface area contributed by atoms with Gasteiger partial charge >= 0.3 is 0 Å². The monoisotopic (exact) mass is 693 g/mol. The van der Waals surface area contributed by atoms with E-state index < -0.39 is 0 Å². The van der Waals surface area contributed by atoms with Crippen molar-refractivity contribution in [2.75, 3.05) is 47.7 Å². The predicted octanol–water partition coefficient (Wildman–Crippen LogP) is 5.28. The highest BCUT2D eigenvalue weighted by molar-refractivity contribution is 6.06. The van der Waals surface area contributed by atoms with Crippen LogP contribution in [0.25, 0.3) is 5.57 Å². The lowest BCUT2D eigenvalue weighted by Crippen LogP contribution is -2.32. The molecule has 13 nitrogen and oxygen atoms in total. The standard InChI is InChI=1S/C38H39N5O8/c1-46-27-7-5-23(6-8-27)24-13-25-19-40-31-17-35(33(47-2)15-29(31)37(44)42(25)21-24)50-10-4-11-51-36-18-32-30(16-34(36)48-3)38(45)43-22-28(49-12-9-39)14-26(43)20-41-32/h5-8,15-22,25-26H,4,9-14,39H2,1-3H3. The van der Waals surface area contributed by atoms with Gasteiger partial charge in [-0.2, -0.15) is 0 Å². The summed E-state index contributed by atoms with van der Waals surface area (Å²) in [6.07, 6.45) is 8.86. The van der Waals surface area contributed by atoms with Crippen molar-refractivity contribution < 1.29 is 38.0 Å². The Kier molecular flexibility index (Phi) is 9.62. The van der Waals surface area contributed by atoms with Crippen LogP contribution in [0.1, 0.15) is 45.5 Å². The fourth-order valence-corrected chi connectivity index (χ4v) is 6.43. The Labute approximate surface area is 295 Å². The molecule has 264 valence electrons. The number of hydrogen-bond acceptors (Lipinski definition) is 11. The lowest BCUT2D eigenvalue weighted by atomic mass is 10.0. The first-order valence-electron chi connectivity index (χ1n) is 16.7. The number of ether oxygens (including phenoxy) is 6. The highest BCUT2D eigenvalue weighted by Gasteiger charge is 2.35. The average Bonchev–Trinajstić information content (AvgIpc) is 3.73. The van der Waals surface area contributed by atoms with E-state index in [1.807, 2.05) is 36.7 Å². The maximum absolute atomic E-state index is 13.7. The summed E-state index contributed by atoms with van der Waals surface area (Å²) in [5, 5.41) is 0. The van der Waals surface area contributed by atoms with Crippen LogP contribution in [0.15, 0.2) is 76.7 Å². The molecule has 0 spiro atoms. The first-order chi connectivity index (χ1) is 24.9. The molecular formula is C38H39N5O8. The minimum atomic E-state index is -0.245. The molecule has 4 aliphatic rings. The summed E-state index contributed by atoms with van der Waals surface area (Å²) in [6, 6.07) is 14.1. The Morgan fingerprint density at radius 2 is 1.25 bits per heavy atom. The van der Waals surface area contributed by atoms with Crippen LogP contribution >= 0.6 is 0 Å². The third kappa shape index (κ3) is 6.72. The minimum Gasteiger partial charge on any atom is -0.497 e. The lowest BCUT2D eigenvalue weighted by Gasteiger charge is -2.19. The van der Waals surface area contributed by atoms with Gasteiger partial charge in [-0.05, 0) is 35.4 Å². The van der Waals surface area contributed by atoms with Gasteiger partial charge in [0.15, 0.2) is 23.0 Å². The van der Waals surface area contributed by atoms with Gasteiger partial charge in [-0.15, -0.1) is 0 Å². The van der Waals surface area contributed by atoms with E-state index in [1.54, 1.807) is 53.6 Å². The van der Waals surface area contributed by atoms with Gasteiger partial charge in [0.05, 0.1) is 75.7 Å². The summed E-state index contributed by atoms with van der Waals surface area (Å²) < 4.78 is 34.3. The smallest absolute Gasteiger partial charge is 0.260 e. The third-order valence-electron chi connectivity index (χ3n) is 9.07. The number of rotatable bonds is 13. The Hall–Kier alpha value is -5.82. The van der Waals surface area contributed by atoms with E-state index >= 15 is 0 Å². The molecule has 2 atom stereocenters. The second kappa shape index (κ2) is 14.6. The van der Waals surface area contributed by atoms with E-state index in [-0.39, 0.29) is 23.9 Å². The third-order valence-corrected chi connectivity index (χ3v) is 9.07. The van der Waals surface area contributed by atoms with Crippen LogP contribution in [0.2, 0.25) is 0 Å². The second-order valence-corrected chi connectivity index (χ2v) is 12.2. The van der Waals surface area contributed by atoms with Crippen LogP contribution < -0.4 is 29.4 Å². The quantitative estimate of drug-likeness (QED) is 0.236. The normalized spacial score (nSPS) is 18.5. The number of nitrogens with two attached hydrogens (primary N) is 1. The zero-order valence-corrected chi connectivity index (χ0v) is 28.7. The molecular weight excluding hydrogens is 654 g/mol. The van der Waals surface area contributed by atoms with Crippen molar-refractivity contribution in [3.63, 3.8) is 0 Å². The SMILES string of the molecule is COc1ccc(C2=CN3C(=O)c4cc(OC)c(OCCCOc5cc6c(cc5OC)C(=O)N5C=C(OCCN)CC5C=N6)cc4N=CC3C2)cc1. The van der Waals surface area contributed by atoms with Gasteiger partial charge in [0.2, 0.25) is 0 Å². The fraction of sp³-hybridized carbons (Fsp3) is 0.316. The number of hydrogen-bond donors (Lipinski definition) is 1. The lowest BCUT2D eigenvalue weighted by molar-refractivity contribution is 0.0809. The molecule has 0 aliphatic carbocycles. The maximum Gasteiger partial charge on any atom is 0.260 e. The van der Waals surface area contributed by atoms with Crippen molar-refractivity contribution in [1.82, 2.24) is 9.80 Å². The van der Waals surface area contributed by atoms with Gasteiger partial charge in [-0.3, -0.25) is 19.6 Å². The van der Waals surface area contributed by atoms with Gasteiger partial charge in [0.25, 0.3) is 11.8 Å². The fourth-order valence-electron chi connectivity index (χ4n) is 6.43. The van der Waals surface area contributed by atoms with Gasteiger partial charge in [-0.25, -0.2) is 0 Å². The molecule has 3 aromatic rings. The van der Waals surface area contributed by atoms with Crippen LogP contribution in [0, 0.1) is 0 Å². The molecule has 0 saturated carbocycles. The van der Waals surface area contributed by atoms with Crippen LogP contribution in [0.3, 0.4) is 0 Å². The molecule has 4 aliphatic heterocycles. The molecule has 13 heteroatoms. The number of fused-ring (bicyclic) bond motifs is 4. The molecule has 3 aromatic carbocycles. The minimum absolute atomic E-state index is 0.159. The first-order valence-corrected chi connectivity index (χ1v) is 16.7. The molecule has 0 saturated heterocycles. The molecule has 4 heterocycles. The summed E-state index contributed by atoms with van der Waals surface area (Å²) in [5.41, 5.74) is 9.48. The van der Waals surface area contributed by atoms with E-state index in [9.17, 15) is 9.59 Å². The van der Waals surface area contributed by atoms with Crippen molar-refractivity contribution in [3.05, 3.63) is 83.4 Å². The van der Waals surface area contributed by atoms with Crippen LogP contribution in [0.4, 0.5) is 11.4 Å². The number of nitrogens with zero attached hydrogens (tertiary/aromatic N) is 4. The zero-order chi connectivity index (χ0) is 35.5. The summed E-state index contributed by atoms with van der Waals surface area (Å²) in [5.74, 6) is 2.90. The second-order valence-electron chi connectivity index (χ2n) is 12.2. The molecule has 0 bridgehead atoms. The molecule has 51 heavy (non-hydrogen) atoms. The van der Waals surface area contributed by atoms with Crippen LogP contribution in [0.5, 0.6) is 28.7 Å². The molecule has 2 amide bonds. The zero-order valence-electron chi connectivity index (χ0n) is 28.7.